The average molecular weight is 310 g/mol. The van der Waals surface area contributed by atoms with Crippen LogP contribution in [0, 0.1) is 5.41 Å². The van der Waals surface area contributed by atoms with Crippen LogP contribution in [0.4, 0.5) is 0 Å². The number of piperidine rings is 1. The molecule has 2 rings (SSSR count). The molecule has 0 aliphatic carbocycles. The van der Waals surface area contributed by atoms with Crippen LogP contribution in [0.3, 0.4) is 0 Å². The van der Waals surface area contributed by atoms with Gasteiger partial charge in [-0.05, 0) is 48.9 Å². The zero-order chi connectivity index (χ0) is 13.2. The molecule has 1 N–H and O–H groups in total. The molecule has 100 valence electrons. The second-order valence-corrected chi connectivity index (χ2v) is 7.63. The van der Waals surface area contributed by atoms with Crippen LogP contribution in [0.25, 0.3) is 0 Å². The molecule has 1 unspecified atom stereocenters. The van der Waals surface area contributed by atoms with E-state index in [4.69, 9.17) is 0 Å². The Morgan fingerprint density at radius 3 is 2.33 bits per heavy atom. The van der Waals surface area contributed by atoms with Gasteiger partial charge in [-0.1, -0.05) is 55.3 Å². The fourth-order valence-electron chi connectivity index (χ4n) is 3.14. The van der Waals surface area contributed by atoms with Crippen LogP contribution in [-0.2, 0) is 5.54 Å². The molecule has 1 atom stereocenters. The summed E-state index contributed by atoms with van der Waals surface area (Å²) in [5, 5.41) is 3.81. The standard InChI is InChI=1S/C16H24BrN/c1-15(2,3)12-16(10-4-5-11-18-16)13-6-8-14(17)9-7-13/h6-9,18H,4-5,10-12H2,1-3H3. The summed E-state index contributed by atoms with van der Waals surface area (Å²) >= 11 is 3.53. The molecule has 1 aliphatic heterocycles. The topological polar surface area (TPSA) is 12.0 Å². The maximum absolute atomic E-state index is 3.81. The monoisotopic (exact) mass is 309 g/mol. The zero-order valence-corrected chi connectivity index (χ0v) is 13.3. The smallest absolute Gasteiger partial charge is 0.0439 e. The van der Waals surface area contributed by atoms with E-state index in [9.17, 15) is 0 Å². The molecule has 1 aromatic carbocycles. The van der Waals surface area contributed by atoms with E-state index < -0.39 is 0 Å². The minimum Gasteiger partial charge on any atom is -0.307 e. The van der Waals surface area contributed by atoms with Crippen molar-refractivity contribution in [3.63, 3.8) is 0 Å². The summed E-state index contributed by atoms with van der Waals surface area (Å²) in [6.07, 6.45) is 5.09. The van der Waals surface area contributed by atoms with Gasteiger partial charge in [0.2, 0.25) is 0 Å². The number of halogens is 1. The van der Waals surface area contributed by atoms with Crippen molar-refractivity contribution in [2.24, 2.45) is 5.41 Å². The zero-order valence-electron chi connectivity index (χ0n) is 11.7. The lowest BCUT2D eigenvalue weighted by atomic mass is 9.72. The highest BCUT2D eigenvalue weighted by atomic mass is 79.9. The number of hydrogen-bond acceptors (Lipinski definition) is 1. The number of rotatable bonds is 2. The molecule has 1 heterocycles. The van der Waals surface area contributed by atoms with Gasteiger partial charge in [0.05, 0.1) is 0 Å². The number of hydrogen-bond donors (Lipinski definition) is 1. The van der Waals surface area contributed by atoms with Gasteiger partial charge in [-0.15, -0.1) is 0 Å². The molecule has 0 saturated carbocycles. The van der Waals surface area contributed by atoms with Crippen molar-refractivity contribution in [3.8, 4) is 0 Å². The van der Waals surface area contributed by atoms with E-state index in [2.05, 4.69) is 66.3 Å². The third-order valence-corrected chi connectivity index (χ3v) is 4.25. The first kappa shape index (κ1) is 14.1. The van der Waals surface area contributed by atoms with Crippen molar-refractivity contribution >= 4 is 15.9 Å². The maximum Gasteiger partial charge on any atom is 0.0439 e. The number of benzene rings is 1. The van der Waals surface area contributed by atoms with Crippen molar-refractivity contribution in [2.45, 2.75) is 52.0 Å². The van der Waals surface area contributed by atoms with Crippen molar-refractivity contribution in [1.82, 2.24) is 5.32 Å². The third-order valence-electron chi connectivity index (χ3n) is 3.72. The molecule has 1 saturated heterocycles. The Labute approximate surface area is 119 Å². The van der Waals surface area contributed by atoms with Gasteiger partial charge in [-0.2, -0.15) is 0 Å². The highest BCUT2D eigenvalue weighted by Crippen LogP contribution is 2.40. The molecule has 0 radical (unpaired) electrons. The van der Waals surface area contributed by atoms with Crippen LogP contribution in [0.15, 0.2) is 28.7 Å². The quantitative estimate of drug-likeness (QED) is 0.823. The van der Waals surface area contributed by atoms with Crippen molar-refractivity contribution < 1.29 is 0 Å². The SMILES string of the molecule is CC(C)(C)CC1(c2ccc(Br)cc2)CCCCN1. The second kappa shape index (κ2) is 5.34. The lowest BCUT2D eigenvalue weighted by Gasteiger charge is -2.43. The summed E-state index contributed by atoms with van der Waals surface area (Å²) in [5.41, 5.74) is 1.97. The van der Waals surface area contributed by atoms with E-state index >= 15 is 0 Å². The molecule has 1 fully saturated rings. The molecule has 18 heavy (non-hydrogen) atoms. The summed E-state index contributed by atoms with van der Waals surface area (Å²) < 4.78 is 1.16. The summed E-state index contributed by atoms with van der Waals surface area (Å²) in [6, 6.07) is 8.87. The van der Waals surface area contributed by atoms with Crippen molar-refractivity contribution in [1.29, 1.82) is 0 Å². The van der Waals surface area contributed by atoms with E-state index in [1.807, 2.05) is 0 Å². The fourth-order valence-corrected chi connectivity index (χ4v) is 3.41. The van der Waals surface area contributed by atoms with Gasteiger partial charge >= 0.3 is 0 Å². The molecular weight excluding hydrogens is 286 g/mol. The van der Waals surface area contributed by atoms with Gasteiger partial charge in [0.15, 0.2) is 0 Å². The Balaban J connectivity index is 2.32. The molecule has 0 aromatic heterocycles. The summed E-state index contributed by atoms with van der Waals surface area (Å²) in [6.45, 7) is 8.16. The van der Waals surface area contributed by atoms with Crippen LogP contribution < -0.4 is 5.32 Å². The normalized spacial score (nSPS) is 25.1. The van der Waals surface area contributed by atoms with Crippen molar-refractivity contribution in [3.05, 3.63) is 34.3 Å². The molecule has 0 spiro atoms. The van der Waals surface area contributed by atoms with Gasteiger partial charge in [0, 0.05) is 10.0 Å². The summed E-state index contributed by atoms with van der Waals surface area (Å²) in [5.74, 6) is 0. The molecule has 0 bridgehead atoms. The number of nitrogens with one attached hydrogen (secondary N) is 1. The van der Waals surface area contributed by atoms with E-state index in [0.29, 0.717) is 5.41 Å². The molecule has 0 amide bonds. The highest BCUT2D eigenvalue weighted by Gasteiger charge is 2.36. The minimum atomic E-state index is 0.178. The first-order valence-electron chi connectivity index (χ1n) is 6.92. The first-order chi connectivity index (χ1) is 8.41. The molecule has 1 aromatic rings. The van der Waals surface area contributed by atoms with Gasteiger partial charge < -0.3 is 5.32 Å². The third kappa shape index (κ3) is 3.36. The lowest BCUT2D eigenvalue weighted by molar-refractivity contribution is 0.169. The Morgan fingerprint density at radius 2 is 1.83 bits per heavy atom. The van der Waals surface area contributed by atoms with Crippen LogP contribution in [0.2, 0.25) is 0 Å². The van der Waals surface area contributed by atoms with E-state index in [0.717, 1.165) is 11.0 Å². The van der Waals surface area contributed by atoms with E-state index in [-0.39, 0.29) is 5.54 Å². The summed E-state index contributed by atoms with van der Waals surface area (Å²) in [7, 11) is 0. The van der Waals surface area contributed by atoms with Gasteiger partial charge in [-0.25, -0.2) is 0 Å². The van der Waals surface area contributed by atoms with E-state index in [1.54, 1.807) is 0 Å². The Bertz CT molecular complexity index is 383. The molecular formula is C16H24BrN. The Kier molecular flexibility index (Phi) is 4.18. The minimum absolute atomic E-state index is 0.178. The van der Waals surface area contributed by atoms with Crippen LogP contribution in [-0.4, -0.2) is 6.54 Å². The van der Waals surface area contributed by atoms with Gasteiger partial charge in [0.25, 0.3) is 0 Å². The average Bonchev–Trinajstić information content (AvgIpc) is 2.28. The van der Waals surface area contributed by atoms with Gasteiger partial charge in [-0.3, -0.25) is 0 Å². The lowest BCUT2D eigenvalue weighted by Crippen LogP contribution is -2.48. The molecule has 1 nitrogen and oxygen atoms in total. The maximum atomic E-state index is 3.81. The predicted octanol–water partition coefficient (Wildman–Crippen LogP) is 4.85. The predicted molar refractivity (Wildman–Crippen MR) is 81.7 cm³/mol. The van der Waals surface area contributed by atoms with Crippen LogP contribution in [0.5, 0.6) is 0 Å². The summed E-state index contributed by atoms with van der Waals surface area (Å²) in [4.78, 5) is 0. The Morgan fingerprint density at radius 1 is 1.17 bits per heavy atom. The van der Waals surface area contributed by atoms with Gasteiger partial charge in [0.1, 0.15) is 0 Å². The molecule has 1 aliphatic rings. The molecule has 2 heteroatoms. The van der Waals surface area contributed by atoms with Crippen LogP contribution in [0.1, 0.15) is 52.0 Å². The Hall–Kier alpha value is -0.340. The first-order valence-corrected chi connectivity index (χ1v) is 7.72. The highest BCUT2D eigenvalue weighted by molar-refractivity contribution is 9.10. The van der Waals surface area contributed by atoms with Crippen LogP contribution >= 0.6 is 15.9 Å². The second-order valence-electron chi connectivity index (χ2n) is 6.71. The fraction of sp³-hybridized carbons (Fsp3) is 0.625. The largest absolute Gasteiger partial charge is 0.307 e. The van der Waals surface area contributed by atoms with Crippen molar-refractivity contribution in [2.75, 3.05) is 6.54 Å². The van der Waals surface area contributed by atoms with E-state index in [1.165, 1.54) is 31.2 Å².